The van der Waals surface area contributed by atoms with Gasteiger partial charge >= 0.3 is 0 Å². The maximum absolute atomic E-state index is 5.59. The summed E-state index contributed by atoms with van der Waals surface area (Å²) < 4.78 is 11.1. The van der Waals surface area contributed by atoms with Crippen molar-refractivity contribution in [3.63, 3.8) is 0 Å². The summed E-state index contributed by atoms with van der Waals surface area (Å²) >= 11 is 0. The molecule has 0 aromatic rings. The van der Waals surface area contributed by atoms with Gasteiger partial charge in [0.05, 0.1) is 11.7 Å². The molecule has 0 bridgehead atoms. The summed E-state index contributed by atoms with van der Waals surface area (Å²) in [6.45, 7) is 7.91. The van der Waals surface area contributed by atoms with Gasteiger partial charge in [0.15, 0.2) is 0 Å². The molecule has 1 aliphatic rings. The van der Waals surface area contributed by atoms with Gasteiger partial charge in [0, 0.05) is 13.2 Å². The lowest BCUT2D eigenvalue weighted by Gasteiger charge is -2.30. The van der Waals surface area contributed by atoms with Crippen LogP contribution in [-0.4, -0.2) is 24.9 Å². The van der Waals surface area contributed by atoms with Crippen LogP contribution in [0.25, 0.3) is 0 Å². The summed E-state index contributed by atoms with van der Waals surface area (Å²) in [7, 11) is 0. The van der Waals surface area contributed by atoms with Gasteiger partial charge in [-0.2, -0.15) is 0 Å². The van der Waals surface area contributed by atoms with Crippen molar-refractivity contribution in [3.05, 3.63) is 0 Å². The Kier molecular flexibility index (Phi) is 2.90. The molecular formula is C9H18O2. The van der Waals surface area contributed by atoms with Crippen molar-refractivity contribution >= 4 is 0 Å². The van der Waals surface area contributed by atoms with Crippen LogP contribution >= 0.6 is 0 Å². The van der Waals surface area contributed by atoms with E-state index in [4.69, 9.17) is 9.47 Å². The summed E-state index contributed by atoms with van der Waals surface area (Å²) in [4.78, 5) is 0. The zero-order chi connectivity index (χ0) is 8.32. The molecule has 1 atom stereocenters. The third kappa shape index (κ3) is 2.17. The van der Waals surface area contributed by atoms with Gasteiger partial charge in [0.1, 0.15) is 0 Å². The first-order valence-corrected chi connectivity index (χ1v) is 4.42. The first-order valence-electron chi connectivity index (χ1n) is 4.42. The second kappa shape index (κ2) is 3.55. The summed E-state index contributed by atoms with van der Waals surface area (Å²) in [5, 5.41) is 0. The van der Waals surface area contributed by atoms with Crippen molar-refractivity contribution in [1.82, 2.24) is 0 Å². The third-order valence-electron chi connectivity index (χ3n) is 2.22. The fraction of sp³-hybridized carbons (Fsp3) is 1.00. The van der Waals surface area contributed by atoms with Crippen LogP contribution in [0.2, 0.25) is 0 Å². The number of ether oxygens (including phenoxy) is 2. The predicted octanol–water partition coefficient (Wildman–Crippen LogP) is 1.98. The zero-order valence-corrected chi connectivity index (χ0v) is 7.72. The fourth-order valence-electron chi connectivity index (χ4n) is 1.59. The Bertz CT molecular complexity index is 115. The SMILES string of the molecule is CCOC(C)(C)C1CCCO1. The zero-order valence-electron chi connectivity index (χ0n) is 7.72. The molecule has 0 aromatic heterocycles. The normalized spacial score (nSPS) is 25.9. The third-order valence-corrected chi connectivity index (χ3v) is 2.22. The van der Waals surface area contributed by atoms with E-state index in [1.807, 2.05) is 6.92 Å². The molecule has 0 aromatic carbocycles. The topological polar surface area (TPSA) is 18.5 Å². The average Bonchev–Trinajstić information content (AvgIpc) is 2.37. The van der Waals surface area contributed by atoms with Crippen molar-refractivity contribution in [1.29, 1.82) is 0 Å². The van der Waals surface area contributed by atoms with Crippen molar-refractivity contribution in [2.75, 3.05) is 13.2 Å². The molecule has 0 radical (unpaired) electrons. The Labute approximate surface area is 68.9 Å². The minimum Gasteiger partial charge on any atom is -0.375 e. The van der Waals surface area contributed by atoms with E-state index in [2.05, 4.69) is 13.8 Å². The van der Waals surface area contributed by atoms with E-state index in [1.54, 1.807) is 0 Å². The lowest BCUT2D eigenvalue weighted by atomic mass is 9.99. The van der Waals surface area contributed by atoms with E-state index in [1.165, 1.54) is 6.42 Å². The second-order valence-corrected chi connectivity index (χ2v) is 3.54. The van der Waals surface area contributed by atoms with Gasteiger partial charge in [-0.05, 0) is 33.6 Å². The lowest BCUT2D eigenvalue weighted by Crippen LogP contribution is -2.38. The van der Waals surface area contributed by atoms with Crippen LogP contribution < -0.4 is 0 Å². The summed E-state index contributed by atoms with van der Waals surface area (Å²) in [5.74, 6) is 0. The summed E-state index contributed by atoms with van der Waals surface area (Å²) in [6, 6.07) is 0. The highest BCUT2D eigenvalue weighted by atomic mass is 16.6. The van der Waals surface area contributed by atoms with Crippen molar-refractivity contribution in [3.8, 4) is 0 Å². The minimum absolute atomic E-state index is 0.0920. The van der Waals surface area contributed by atoms with Gasteiger partial charge in [0.25, 0.3) is 0 Å². The molecule has 1 heterocycles. The number of rotatable bonds is 3. The molecule has 1 aliphatic heterocycles. The molecule has 1 rings (SSSR count). The Morgan fingerprint density at radius 3 is 2.73 bits per heavy atom. The van der Waals surface area contributed by atoms with Crippen LogP contribution in [0.5, 0.6) is 0 Å². The Hall–Kier alpha value is -0.0800. The Morgan fingerprint density at radius 2 is 2.27 bits per heavy atom. The highest BCUT2D eigenvalue weighted by molar-refractivity contribution is 4.83. The van der Waals surface area contributed by atoms with E-state index < -0.39 is 0 Å². The number of hydrogen-bond donors (Lipinski definition) is 0. The van der Waals surface area contributed by atoms with Gasteiger partial charge in [-0.25, -0.2) is 0 Å². The van der Waals surface area contributed by atoms with Gasteiger partial charge in [0.2, 0.25) is 0 Å². The Balaban J connectivity index is 2.41. The highest BCUT2D eigenvalue weighted by Gasteiger charge is 2.33. The fourth-order valence-corrected chi connectivity index (χ4v) is 1.59. The summed E-state index contributed by atoms with van der Waals surface area (Å²) in [5.41, 5.74) is -0.0920. The Morgan fingerprint density at radius 1 is 1.55 bits per heavy atom. The molecule has 0 N–H and O–H groups in total. The lowest BCUT2D eigenvalue weighted by molar-refractivity contribution is -0.103. The first-order chi connectivity index (χ1) is 5.17. The highest BCUT2D eigenvalue weighted by Crippen LogP contribution is 2.26. The molecule has 1 saturated heterocycles. The van der Waals surface area contributed by atoms with Crippen LogP contribution in [0.4, 0.5) is 0 Å². The van der Waals surface area contributed by atoms with Crippen LogP contribution in [0.3, 0.4) is 0 Å². The largest absolute Gasteiger partial charge is 0.375 e. The van der Waals surface area contributed by atoms with Crippen LogP contribution in [0, 0.1) is 0 Å². The average molecular weight is 158 g/mol. The van der Waals surface area contributed by atoms with Gasteiger partial charge in [-0.1, -0.05) is 0 Å². The van der Waals surface area contributed by atoms with Crippen molar-refractivity contribution < 1.29 is 9.47 Å². The smallest absolute Gasteiger partial charge is 0.0886 e. The molecule has 11 heavy (non-hydrogen) atoms. The molecule has 1 fully saturated rings. The standard InChI is InChI=1S/C9H18O2/c1-4-11-9(2,3)8-6-5-7-10-8/h8H,4-7H2,1-3H3. The first kappa shape index (κ1) is 9.01. The van der Waals surface area contributed by atoms with E-state index in [-0.39, 0.29) is 5.60 Å². The molecule has 0 amide bonds. The van der Waals surface area contributed by atoms with E-state index >= 15 is 0 Å². The maximum atomic E-state index is 5.59. The monoisotopic (exact) mass is 158 g/mol. The maximum Gasteiger partial charge on any atom is 0.0886 e. The molecule has 2 nitrogen and oxygen atoms in total. The molecule has 66 valence electrons. The van der Waals surface area contributed by atoms with Crippen LogP contribution in [-0.2, 0) is 9.47 Å². The molecule has 0 spiro atoms. The summed E-state index contributed by atoms with van der Waals surface area (Å²) in [6.07, 6.45) is 2.64. The van der Waals surface area contributed by atoms with Crippen molar-refractivity contribution in [2.24, 2.45) is 0 Å². The molecule has 2 heteroatoms. The van der Waals surface area contributed by atoms with E-state index in [0.29, 0.717) is 6.10 Å². The van der Waals surface area contributed by atoms with E-state index in [9.17, 15) is 0 Å². The second-order valence-electron chi connectivity index (χ2n) is 3.54. The number of hydrogen-bond acceptors (Lipinski definition) is 2. The van der Waals surface area contributed by atoms with Crippen LogP contribution in [0.15, 0.2) is 0 Å². The van der Waals surface area contributed by atoms with Gasteiger partial charge in [-0.3, -0.25) is 0 Å². The van der Waals surface area contributed by atoms with Gasteiger partial charge < -0.3 is 9.47 Å². The molecule has 0 aliphatic carbocycles. The quantitative estimate of drug-likeness (QED) is 0.625. The molecule has 0 saturated carbocycles. The molecule has 1 unspecified atom stereocenters. The van der Waals surface area contributed by atoms with Crippen LogP contribution in [0.1, 0.15) is 33.6 Å². The minimum atomic E-state index is -0.0920. The van der Waals surface area contributed by atoms with E-state index in [0.717, 1.165) is 19.6 Å². The predicted molar refractivity (Wildman–Crippen MR) is 44.7 cm³/mol. The van der Waals surface area contributed by atoms with Crippen molar-refractivity contribution in [2.45, 2.75) is 45.3 Å². The molecular weight excluding hydrogens is 140 g/mol. The van der Waals surface area contributed by atoms with Gasteiger partial charge in [-0.15, -0.1) is 0 Å².